The molecule has 7 heteroatoms. The molecule has 1 rings (SSSR count). The SMILES string of the molecule is Cc1ccncc1CNS(=O)(=O)N(C)CCCO. The van der Waals surface area contributed by atoms with E-state index in [4.69, 9.17) is 5.11 Å². The molecule has 18 heavy (non-hydrogen) atoms. The van der Waals surface area contributed by atoms with Crippen LogP contribution < -0.4 is 4.72 Å². The molecule has 0 aliphatic carbocycles. The van der Waals surface area contributed by atoms with Gasteiger partial charge in [-0.25, -0.2) is 0 Å². The summed E-state index contributed by atoms with van der Waals surface area (Å²) in [5.74, 6) is 0. The standard InChI is InChI=1S/C11H19N3O3S/c1-10-4-5-12-8-11(10)9-13-18(16,17)14(2)6-3-7-15/h4-5,8,13,15H,3,6-7,9H2,1-2H3. The van der Waals surface area contributed by atoms with E-state index < -0.39 is 10.2 Å². The number of aryl methyl sites for hydroxylation is 1. The molecule has 0 fully saturated rings. The van der Waals surface area contributed by atoms with Gasteiger partial charge >= 0.3 is 0 Å². The Morgan fingerprint density at radius 2 is 2.22 bits per heavy atom. The zero-order chi connectivity index (χ0) is 13.6. The van der Waals surface area contributed by atoms with Crippen molar-refractivity contribution in [1.29, 1.82) is 0 Å². The molecule has 102 valence electrons. The number of nitrogens with one attached hydrogen (secondary N) is 1. The van der Waals surface area contributed by atoms with Crippen LogP contribution in [0.5, 0.6) is 0 Å². The molecule has 2 N–H and O–H groups in total. The minimum Gasteiger partial charge on any atom is -0.396 e. The quantitative estimate of drug-likeness (QED) is 0.735. The van der Waals surface area contributed by atoms with E-state index in [2.05, 4.69) is 9.71 Å². The van der Waals surface area contributed by atoms with Gasteiger partial charge in [0.15, 0.2) is 0 Å². The molecule has 0 atom stereocenters. The fraction of sp³-hybridized carbons (Fsp3) is 0.545. The van der Waals surface area contributed by atoms with Gasteiger partial charge in [0, 0.05) is 39.1 Å². The Labute approximate surface area is 108 Å². The molecule has 0 aromatic carbocycles. The third-order valence-corrected chi connectivity index (χ3v) is 4.15. The van der Waals surface area contributed by atoms with Crippen molar-refractivity contribution in [2.75, 3.05) is 20.2 Å². The molecule has 0 radical (unpaired) electrons. The highest BCUT2D eigenvalue weighted by Crippen LogP contribution is 2.05. The van der Waals surface area contributed by atoms with Gasteiger partial charge in [0.1, 0.15) is 0 Å². The van der Waals surface area contributed by atoms with Crippen LogP contribution in [0.4, 0.5) is 0 Å². The van der Waals surface area contributed by atoms with Gasteiger partial charge in [-0.05, 0) is 30.5 Å². The van der Waals surface area contributed by atoms with E-state index in [1.54, 1.807) is 12.4 Å². The Kier molecular flexibility index (Phi) is 5.67. The summed E-state index contributed by atoms with van der Waals surface area (Å²) in [6.45, 7) is 2.38. The number of hydrogen-bond acceptors (Lipinski definition) is 4. The van der Waals surface area contributed by atoms with Crippen molar-refractivity contribution in [3.63, 3.8) is 0 Å². The van der Waals surface area contributed by atoms with E-state index in [0.717, 1.165) is 11.1 Å². The summed E-state index contributed by atoms with van der Waals surface area (Å²) in [5.41, 5.74) is 1.84. The molecule has 0 spiro atoms. The topological polar surface area (TPSA) is 82.5 Å². The molecule has 0 aliphatic rings. The normalized spacial score (nSPS) is 12.0. The molecule has 0 amide bonds. The third-order valence-electron chi connectivity index (χ3n) is 2.63. The number of hydrogen-bond donors (Lipinski definition) is 2. The first-order valence-corrected chi connectivity index (χ1v) is 7.12. The lowest BCUT2D eigenvalue weighted by Gasteiger charge is -2.17. The molecule has 0 aliphatic heterocycles. The third kappa shape index (κ3) is 4.34. The molecule has 0 saturated carbocycles. The highest BCUT2D eigenvalue weighted by atomic mass is 32.2. The van der Waals surface area contributed by atoms with Gasteiger partial charge in [0.25, 0.3) is 10.2 Å². The fourth-order valence-corrected chi connectivity index (χ4v) is 2.30. The second-order valence-electron chi connectivity index (χ2n) is 4.03. The first-order valence-electron chi connectivity index (χ1n) is 5.68. The van der Waals surface area contributed by atoms with Gasteiger partial charge in [0.05, 0.1) is 0 Å². The first-order chi connectivity index (χ1) is 8.47. The minimum atomic E-state index is -3.50. The summed E-state index contributed by atoms with van der Waals surface area (Å²) in [4.78, 5) is 3.96. The molecule has 1 aromatic rings. The van der Waals surface area contributed by atoms with Gasteiger partial charge in [0.2, 0.25) is 0 Å². The van der Waals surface area contributed by atoms with Crippen molar-refractivity contribution in [2.24, 2.45) is 0 Å². The molecule has 1 heterocycles. The monoisotopic (exact) mass is 273 g/mol. The number of rotatable bonds is 7. The van der Waals surface area contributed by atoms with Gasteiger partial charge in [-0.15, -0.1) is 0 Å². The lowest BCUT2D eigenvalue weighted by molar-refractivity contribution is 0.275. The lowest BCUT2D eigenvalue weighted by Crippen LogP contribution is -2.38. The summed E-state index contributed by atoms with van der Waals surface area (Å²) in [5, 5.41) is 8.68. The van der Waals surface area contributed by atoms with Crippen molar-refractivity contribution >= 4 is 10.2 Å². The zero-order valence-corrected chi connectivity index (χ0v) is 11.4. The summed E-state index contributed by atoms with van der Waals surface area (Å²) >= 11 is 0. The van der Waals surface area contributed by atoms with E-state index in [1.807, 2.05) is 13.0 Å². The minimum absolute atomic E-state index is 0.0262. The predicted molar refractivity (Wildman–Crippen MR) is 69.1 cm³/mol. The summed E-state index contributed by atoms with van der Waals surface area (Å²) < 4.78 is 27.4. The Morgan fingerprint density at radius 3 is 2.83 bits per heavy atom. The second kappa shape index (κ2) is 6.79. The highest BCUT2D eigenvalue weighted by Gasteiger charge is 2.16. The van der Waals surface area contributed by atoms with Crippen molar-refractivity contribution in [3.8, 4) is 0 Å². The van der Waals surface area contributed by atoms with Crippen LogP contribution in [0, 0.1) is 6.92 Å². The van der Waals surface area contributed by atoms with Crippen molar-refractivity contribution < 1.29 is 13.5 Å². The average molecular weight is 273 g/mol. The number of aliphatic hydroxyl groups excluding tert-OH is 1. The zero-order valence-electron chi connectivity index (χ0n) is 10.6. The van der Waals surface area contributed by atoms with Gasteiger partial charge in [-0.3, -0.25) is 4.98 Å². The van der Waals surface area contributed by atoms with E-state index in [9.17, 15) is 8.42 Å². The van der Waals surface area contributed by atoms with Gasteiger partial charge in [-0.2, -0.15) is 17.4 Å². The lowest BCUT2D eigenvalue weighted by atomic mass is 10.2. The Balaban J connectivity index is 2.59. The van der Waals surface area contributed by atoms with Crippen LogP contribution in [0.3, 0.4) is 0 Å². The maximum Gasteiger partial charge on any atom is 0.279 e. The molecular weight excluding hydrogens is 254 g/mol. The molecule has 0 bridgehead atoms. The Bertz CT molecular complexity index is 476. The summed E-state index contributed by atoms with van der Waals surface area (Å²) in [7, 11) is -2.02. The van der Waals surface area contributed by atoms with Crippen LogP contribution in [0.25, 0.3) is 0 Å². The molecule has 0 unspecified atom stereocenters. The second-order valence-corrected chi connectivity index (χ2v) is 5.89. The number of aromatic nitrogens is 1. The Hall–Kier alpha value is -1.02. The van der Waals surface area contributed by atoms with Crippen LogP contribution in [-0.2, 0) is 16.8 Å². The van der Waals surface area contributed by atoms with Crippen molar-refractivity contribution in [3.05, 3.63) is 29.6 Å². The van der Waals surface area contributed by atoms with Gasteiger partial charge in [-0.1, -0.05) is 0 Å². The summed E-state index contributed by atoms with van der Waals surface area (Å²) in [6, 6.07) is 1.83. The maximum atomic E-state index is 11.8. The van der Waals surface area contributed by atoms with Crippen LogP contribution >= 0.6 is 0 Å². The van der Waals surface area contributed by atoms with Crippen molar-refractivity contribution in [1.82, 2.24) is 14.0 Å². The van der Waals surface area contributed by atoms with E-state index >= 15 is 0 Å². The van der Waals surface area contributed by atoms with Crippen LogP contribution in [-0.4, -0.2) is 43.0 Å². The van der Waals surface area contributed by atoms with E-state index in [0.29, 0.717) is 6.42 Å². The predicted octanol–water partition coefficient (Wildman–Crippen LogP) is 0.0386. The molecule has 6 nitrogen and oxygen atoms in total. The van der Waals surface area contributed by atoms with Crippen LogP contribution in [0.1, 0.15) is 17.5 Å². The fourth-order valence-electron chi connectivity index (χ4n) is 1.37. The van der Waals surface area contributed by atoms with E-state index in [-0.39, 0.29) is 19.7 Å². The highest BCUT2D eigenvalue weighted by molar-refractivity contribution is 7.87. The Morgan fingerprint density at radius 1 is 1.50 bits per heavy atom. The number of nitrogens with zero attached hydrogens (tertiary/aromatic N) is 2. The smallest absolute Gasteiger partial charge is 0.279 e. The number of aliphatic hydroxyl groups is 1. The average Bonchev–Trinajstić information content (AvgIpc) is 2.35. The molecule has 0 saturated heterocycles. The number of pyridine rings is 1. The van der Waals surface area contributed by atoms with Crippen LogP contribution in [0.2, 0.25) is 0 Å². The van der Waals surface area contributed by atoms with Crippen LogP contribution in [0.15, 0.2) is 18.5 Å². The van der Waals surface area contributed by atoms with Crippen molar-refractivity contribution in [2.45, 2.75) is 19.9 Å². The van der Waals surface area contributed by atoms with E-state index in [1.165, 1.54) is 11.4 Å². The summed E-state index contributed by atoms with van der Waals surface area (Å²) in [6.07, 6.45) is 3.73. The first kappa shape index (κ1) is 15.0. The van der Waals surface area contributed by atoms with Gasteiger partial charge < -0.3 is 5.11 Å². The maximum absolute atomic E-state index is 11.8. The largest absolute Gasteiger partial charge is 0.396 e. The molecular formula is C11H19N3O3S. The molecule has 1 aromatic heterocycles.